The summed E-state index contributed by atoms with van der Waals surface area (Å²) in [6.07, 6.45) is -2.74. The maximum atomic E-state index is 10.3. The summed E-state index contributed by atoms with van der Waals surface area (Å²) in [6, 6.07) is 0. The molecule has 0 radical (unpaired) electrons. The molecule has 25 heavy (non-hydrogen) atoms. The van der Waals surface area contributed by atoms with Gasteiger partial charge in [0.05, 0.1) is 12.9 Å². The number of nitrogen functional groups attached to an aromatic ring is 1. The summed E-state index contributed by atoms with van der Waals surface area (Å²) in [4.78, 5) is 30.8. The van der Waals surface area contributed by atoms with Gasteiger partial charge in [-0.05, 0) is 11.8 Å². The number of aromatic nitrogens is 4. The summed E-state index contributed by atoms with van der Waals surface area (Å²) in [7, 11) is 0. The minimum Gasteiger partial charge on any atom is -0.387 e. The van der Waals surface area contributed by atoms with E-state index in [-0.39, 0.29) is 12.4 Å². The Hall–Kier alpha value is -1.24. The van der Waals surface area contributed by atoms with E-state index in [4.69, 9.17) is 24.8 Å². The molecule has 0 amide bonds. The van der Waals surface area contributed by atoms with Crippen LogP contribution in [0.2, 0.25) is 0 Å². The van der Waals surface area contributed by atoms with E-state index in [9.17, 15) is 10.2 Å². The highest BCUT2D eigenvalue weighted by atomic mass is 32.5. The molecule has 4 atom stereocenters. The van der Waals surface area contributed by atoms with Crippen LogP contribution in [0.4, 0.5) is 5.82 Å². The van der Waals surface area contributed by atoms with Gasteiger partial charge >= 0.3 is 6.72 Å². The number of imidazole rings is 1. The van der Waals surface area contributed by atoms with Gasteiger partial charge in [0.25, 0.3) is 0 Å². The van der Waals surface area contributed by atoms with Gasteiger partial charge in [-0.25, -0.2) is 15.0 Å². The highest BCUT2D eigenvalue weighted by Crippen LogP contribution is 2.39. The molecule has 1 saturated heterocycles. The molecule has 0 aromatic carbocycles. The number of rotatable bonds is 5. The van der Waals surface area contributed by atoms with Crippen LogP contribution < -0.4 is 5.73 Å². The van der Waals surface area contributed by atoms with Crippen LogP contribution in [0.1, 0.15) is 19.0 Å². The van der Waals surface area contributed by atoms with Crippen molar-refractivity contribution in [3.63, 3.8) is 0 Å². The SMILES string of the molecule is CCc1nc(N)c2ncn([C@@H]3O[C@H](COP(O)(O)=S)[C@@H](O)[C@H]3O)c2n1. The molecule has 6 N–H and O–H groups in total. The number of aliphatic hydroxyl groups is 2. The van der Waals surface area contributed by atoms with Crippen molar-refractivity contribution < 1.29 is 29.3 Å². The van der Waals surface area contributed by atoms with Crippen molar-refractivity contribution in [2.24, 2.45) is 0 Å². The van der Waals surface area contributed by atoms with Crippen molar-refractivity contribution in [2.75, 3.05) is 12.3 Å². The van der Waals surface area contributed by atoms with Gasteiger partial charge in [-0.15, -0.1) is 0 Å². The maximum Gasteiger partial charge on any atom is 0.321 e. The van der Waals surface area contributed by atoms with E-state index in [0.717, 1.165) is 0 Å². The smallest absolute Gasteiger partial charge is 0.321 e. The molecule has 3 rings (SSSR count). The molecule has 13 heteroatoms. The molecule has 2 aromatic rings. The van der Waals surface area contributed by atoms with Crippen LogP contribution in [0.5, 0.6) is 0 Å². The molecule has 11 nitrogen and oxygen atoms in total. The molecule has 0 bridgehead atoms. The van der Waals surface area contributed by atoms with Crippen molar-refractivity contribution in [3.8, 4) is 0 Å². The van der Waals surface area contributed by atoms with E-state index >= 15 is 0 Å². The third-order valence-corrected chi connectivity index (χ3v) is 4.63. The van der Waals surface area contributed by atoms with Crippen molar-refractivity contribution in [3.05, 3.63) is 12.2 Å². The first kappa shape index (κ1) is 18.5. The minimum atomic E-state index is -3.90. The number of aliphatic hydroxyl groups excluding tert-OH is 2. The highest BCUT2D eigenvalue weighted by Gasteiger charge is 2.45. The lowest BCUT2D eigenvalue weighted by Gasteiger charge is -2.17. The van der Waals surface area contributed by atoms with Crippen molar-refractivity contribution in [1.82, 2.24) is 19.5 Å². The molecule has 1 aliphatic heterocycles. The number of ether oxygens (including phenoxy) is 1. The van der Waals surface area contributed by atoms with Crippen LogP contribution in [-0.4, -0.2) is 64.4 Å². The second kappa shape index (κ2) is 6.82. The molecule has 0 unspecified atom stereocenters. The van der Waals surface area contributed by atoms with E-state index in [1.165, 1.54) is 10.9 Å². The zero-order valence-electron chi connectivity index (χ0n) is 13.1. The van der Waals surface area contributed by atoms with Gasteiger partial charge < -0.3 is 35.0 Å². The van der Waals surface area contributed by atoms with E-state index < -0.39 is 31.3 Å². The van der Waals surface area contributed by atoms with E-state index in [1.54, 1.807) is 0 Å². The summed E-state index contributed by atoms with van der Waals surface area (Å²) >= 11 is 4.36. The van der Waals surface area contributed by atoms with Crippen LogP contribution in [0.3, 0.4) is 0 Å². The zero-order valence-corrected chi connectivity index (χ0v) is 14.8. The largest absolute Gasteiger partial charge is 0.387 e. The second-order valence-electron chi connectivity index (χ2n) is 5.54. The topological polar surface area (TPSA) is 169 Å². The number of nitrogens with zero attached hydrogens (tertiary/aromatic N) is 4. The predicted octanol–water partition coefficient (Wildman–Crippen LogP) is -1.18. The van der Waals surface area contributed by atoms with Crippen LogP contribution in [-0.2, 0) is 27.5 Å². The molecule has 138 valence electrons. The van der Waals surface area contributed by atoms with Crippen LogP contribution in [0.25, 0.3) is 11.2 Å². The van der Waals surface area contributed by atoms with E-state index in [1.807, 2.05) is 6.92 Å². The van der Waals surface area contributed by atoms with Gasteiger partial charge in [0, 0.05) is 6.42 Å². The standard InChI is InChI=1S/C12H18N5O6PS/c1-2-6-15-10(13)7-11(16-6)17(4-14-7)12-9(19)8(18)5(23-12)3-22-24(20,21)25/h4-5,8-9,12,18-19H,2-3H2,1H3,(H2,13,15,16)(H2,20,21,25)/t5-,8-,9-,12-/m1/s1. The Labute approximate surface area is 147 Å². The molecule has 0 saturated carbocycles. The Morgan fingerprint density at radius 2 is 2.08 bits per heavy atom. The van der Waals surface area contributed by atoms with Gasteiger partial charge in [-0.2, -0.15) is 0 Å². The first-order valence-corrected chi connectivity index (χ1v) is 10.0. The number of fused-ring (bicyclic) bond motifs is 1. The summed E-state index contributed by atoms with van der Waals surface area (Å²) in [5.41, 5.74) is 6.57. The fraction of sp³-hybridized carbons (Fsp3) is 0.583. The summed E-state index contributed by atoms with van der Waals surface area (Å²) < 4.78 is 11.7. The Morgan fingerprint density at radius 3 is 2.72 bits per heavy atom. The van der Waals surface area contributed by atoms with Crippen molar-refractivity contribution in [1.29, 1.82) is 0 Å². The second-order valence-corrected chi connectivity index (χ2v) is 8.20. The normalized spacial score (nSPS) is 27.2. The van der Waals surface area contributed by atoms with E-state index in [0.29, 0.717) is 23.4 Å². The lowest BCUT2D eigenvalue weighted by atomic mass is 10.1. The van der Waals surface area contributed by atoms with Crippen LogP contribution >= 0.6 is 6.72 Å². The molecular formula is C12H18N5O6PS. The molecule has 3 heterocycles. The number of hydrogen-bond donors (Lipinski definition) is 5. The Morgan fingerprint density at radius 1 is 1.36 bits per heavy atom. The Balaban J connectivity index is 1.90. The summed E-state index contributed by atoms with van der Waals surface area (Å²) in [5.74, 6) is 0.704. The number of anilines is 1. The molecular weight excluding hydrogens is 373 g/mol. The maximum absolute atomic E-state index is 10.3. The monoisotopic (exact) mass is 391 g/mol. The molecule has 1 fully saturated rings. The highest BCUT2D eigenvalue weighted by molar-refractivity contribution is 8.06. The Bertz CT molecular complexity index is 828. The third-order valence-electron chi connectivity index (χ3n) is 3.83. The van der Waals surface area contributed by atoms with Crippen molar-refractivity contribution >= 4 is 35.5 Å². The lowest BCUT2D eigenvalue weighted by Crippen LogP contribution is -2.33. The number of aryl methyl sites for hydroxylation is 1. The fourth-order valence-corrected chi connectivity index (χ4v) is 3.12. The zero-order chi connectivity index (χ0) is 18.4. The minimum absolute atomic E-state index is 0.203. The first-order valence-electron chi connectivity index (χ1n) is 7.42. The predicted molar refractivity (Wildman–Crippen MR) is 89.7 cm³/mol. The van der Waals surface area contributed by atoms with Gasteiger partial charge in [0.2, 0.25) is 0 Å². The van der Waals surface area contributed by atoms with Gasteiger partial charge in [-0.3, -0.25) is 4.57 Å². The quantitative estimate of drug-likeness (QED) is 0.389. The molecule has 0 aliphatic carbocycles. The average molecular weight is 391 g/mol. The molecule has 1 aliphatic rings. The van der Waals surface area contributed by atoms with Crippen LogP contribution in [0.15, 0.2) is 6.33 Å². The first-order chi connectivity index (χ1) is 11.7. The van der Waals surface area contributed by atoms with Gasteiger partial charge in [-0.1, -0.05) is 6.92 Å². The fourth-order valence-electron chi connectivity index (χ4n) is 2.60. The molecule has 2 aromatic heterocycles. The summed E-state index contributed by atoms with van der Waals surface area (Å²) in [5, 5.41) is 20.4. The van der Waals surface area contributed by atoms with E-state index in [2.05, 4.69) is 26.8 Å². The summed E-state index contributed by atoms with van der Waals surface area (Å²) in [6.45, 7) is -2.41. The third kappa shape index (κ3) is 3.66. The average Bonchev–Trinajstić information content (AvgIpc) is 3.08. The van der Waals surface area contributed by atoms with Gasteiger partial charge in [0.1, 0.15) is 29.7 Å². The van der Waals surface area contributed by atoms with Crippen LogP contribution in [0, 0.1) is 0 Å². The van der Waals surface area contributed by atoms with Crippen molar-refractivity contribution in [2.45, 2.75) is 37.9 Å². The Kier molecular flexibility index (Phi) is 5.06. The lowest BCUT2D eigenvalue weighted by molar-refractivity contribution is -0.0487. The van der Waals surface area contributed by atoms with Gasteiger partial charge in [0.15, 0.2) is 17.7 Å². The molecule has 0 spiro atoms. The number of hydrogen-bond acceptors (Lipinski definition) is 9. The number of nitrogens with two attached hydrogens (primary N) is 1.